The monoisotopic (exact) mass is 441 g/mol. The van der Waals surface area contributed by atoms with Gasteiger partial charge in [-0.15, -0.1) is 11.3 Å². The molecule has 0 atom stereocenters. The summed E-state index contributed by atoms with van der Waals surface area (Å²) in [5.74, 6) is 0.775. The summed E-state index contributed by atoms with van der Waals surface area (Å²) in [4.78, 5) is 21.5. The third kappa shape index (κ3) is 5.39. The van der Waals surface area contributed by atoms with Crippen LogP contribution in [0.3, 0.4) is 0 Å². The van der Waals surface area contributed by atoms with Crippen LogP contribution in [0.4, 0.5) is 0 Å². The van der Waals surface area contributed by atoms with Crippen LogP contribution < -0.4 is 4.74 Å². The van der Waals surface area contributed by atoms with Crippen LogP contribution in [0.2, 0.25) is 5.02 Å². The third-order valence-electron chi connectivity index (χ3n) is 5.11. The highest BCUT2D eigenvalue weighted by atomic mass is 35.5. The third-order valence-corrected chi connectivity index (χ3v) is 6.30. The zero-order valence-corrected chi connectivity index (χ0v) is 18.5. The first-order chi connectivity index (χ1) is 14.6. The number of halogens is 1. The van der Waals surface area contributed by atoms with Gasteiger partial charge in [-0.3, -0.25) is 9.69 Å². The van der Waals surface area contributed by atoms with E-state index >= 15 is 0 Å². The lowest BCUT2D eigenvalue weighted by molar-refractivity contribution is -0.135. The molecule has 0 bridgehead atoms. The number of piperazine rings is 1. The molecule has 1 aliphatic rings. The standard InChI is InChI=1S/C23H24ClN3O2S/c1-17-3-2-4-21(13-17)29-15-22(28)27-11-9-26(10-12-27)14-20-16-30-23(25-20)18-5-7-19(24)8-6-18/h2-8,13,16H,9-12,14-15H2,1H3. The molecule has 2 aromatic carbocycles. The number of ether oxygens (including phenoxy) is 1. The number of hydrogen-bond acceptors (Lipinski definition) is 5. The summed E-state index contributed by atoms with van der Waals surface area (Å²) in [7, 11) is 0. The Morgan fingerprint density at radius 1 is 1.13 bits per heavy atom. The van der Waals surface area contributed by atoms with Crippen LogP contribution in [0.5, 0.6) is 5.75 Å². The molecule has 156 valence electrons. The predicted molar refractivity (Wildman–Crippen MR) is 121 cm³/mol. The topological polar surface area (TPSA) is 45.7 Å². The van der Waals surface area contributed by atoms with Crippen molar-refractivity contribution in [1.82, 2.24) is 14.8 Å². The van der Waals surface area contributed by atoms with E-state index in [-0.39, 0.29) is 12.5 Å². The maximum Gasteiger partial charge on any atom is 0.260 e. The molecule has 4 rings (SSSR count). The lowest BCUT2D eigenvalue weighted by Crippen LogP contribution is -2.49. The summed E-state index contributed by atoms with van der Waals surface area (Å²) in [5, 5.41) is 3.84. The van der Waals surface area contributed by atoms with E-state index in [9.17, 15) is 4.79 Å². The Kier molecular flexibility index (Phi) is 6.67. The van der Waals surface area contributed by atoms with Crippen molar-refractivity contribution in [3.05, 3.63) is 70.2 Å². The van der Waals surface area contributed by atoms with Gasteiger partial charge in [-0.2, -0.15) is 0 Å². The molecule has 1 aromatic heterocycles. The summed E-state index contributed by atoms with van der Waals surface area (Å²) < 4.78 is 5.65. The predicted octanol–water partition coefficient (Wildman–Crippen LogP) is 4.50. The minimum atomic E-state index is 0.0369. The van der Waals surface area contributed by atoms with Crippen LogP contribution in [0, 0.1) is 6.92 Å². The highest BCUT2D eigenvalue weighted by Gasteiger charge is 2.22. The van der Waals surface area contributed by atoms with Crippen LogP contribution in [-0.2, 0) is 11.3 Å². The molecule has 2 heterocycles. The van der Waals surface area contributed by atoms with E-state index < -0.39 is 0 Å². The first-order valence-corrected chi connectivity index (χ1v) is 11.2. The zero-order chi connectivity index (χ0) is 20.9. The van der Waals surface area contributed by atoms with Crippen LogP contribution >= 0.6 is 22.9 Å². The Bertz CT molecular complexity index is 998. The number of aromatic nitrogens is 1. The van der Waals surface area contributed by atoms with E-state index in [4.69, 9.17) is 21.3 Å². The molecule has 0 saturated carbocycles. The fraction of sp³-hybridized carbons (Fsp3) is 0.304. The Morgan fingerprint density at radius 2 is 1.90 bits per heavy atom. The van der Waals surface area contributed by atoms with Crippen molar-refractivity contribution < 1.29 is 9.53 Å². The van der Waals surface area contributed by atoms with E-state index in [1.165, 1.54) is 0 Å². The number of aryl methyl sites for hydroxylation is 1. The van der Waals surface area contributed by atoms with Crippen LogP contribution in [0.15, 0.2) is 53.9 Å². The van der Waals surface area contributed by atoms with Crippen molar-refractivity contribution in [2.45, 2.75) is 13.5 Å². The van der Waals surface area contributed by atoms with Gasteiger partial charge in [0, 0.05) is 48.7 Å². The normalized spacial score (nSPS) is 14.7. The molecule has 1 saturated heterocycles. The molecule has 0 unspecified atom stereocenters. The molecule has 0 aliphatic carbocycles. The first-order valence-electron chi connectivity index (χ1n) is 9.97. The number of amides is 1. The van der Waals surface area contributed by atoms with Crippen molar-refractivity contribution >= 4 is 28.8 Å². The molecule has 1 amide bonds. The lowest BCUT2D eigenvalue weighted by atomic mass is 10.2. The minimum Gasteiger partial charge on any atom is -0.484 e. The smallest absolute Gasteiger partial charge is 0.260 e. The SMILES string of the molecule is Cc1cccc(OCC(=O)N2CCN(Cc3csc(-c4ccc(Cl)cc4)n3)CC2)c1. The molecule has 7 heteroatoms. The summed E-state index contributed by atoms with van der Waals surface area (Å²) in [6.07, 6.45) is 0. The highest BCUT2D eigenvalue weighted by molar-refractivity contribution is 7.13. The molecule has 5 nitrogen and oxygen atoms in total. The summed E-state index contributed by atoms with van der Waals surface area (Å²) in [5.41, 5.74) is 3.27. The average molecular weight is 442 g/mol. The molecule has 1 fully saturated rings. The number of carbonyl (C=O) groups is 1. The van der Waals surface area contributed by atoms with Crippen LogP contribution in [0.25, 0.3) is 10.6 Å². The second-order valence-electron chi connectivity index (χ2n) is 7.41. The van der Waals surface area contributed by atoms with Gasteiger partial charge in [0.25, 0.3) is 5.91 Å². The van der Waals surface area contributed by atoms with Crippen molar-refractivity contribution in [3.8, 4) is 16.3 Å². The summed E-state index contributed by atoms with van der Waals surface area (Å²) in [6, 6.07) is 15.5. The van der Waals surface area contributed by atoms with Crippen molar-refractivity contribution in [2.75, 3.05) is 32.8 Å². The average Bonchev–Trinajstić information content (AvgIpc) is 3.21. The maximum absolute atomic E-state index is 12.5. The van der Waals surface area contributed by atoms with Crippen LogP contribution in [-0.4, -0.2) is 53.5 Å². The Hall–Kier alpha value is -2.41. The lowest BCUT2D eigenvalue weighted by Gasteiger charge is -2.34. The van der Waals surface area contributed by atoms with Gasteiger partial charge in [-0.25, -0.2) is 4.98 Å². The van der Waals surface area contributed by atoms with E-state index in [2.05, 4.69) is 10.3 Å². The Morgan fingerprint density at radius 3 is 2.63 bits per heavy atom. The van der Waals surface area contributed by atoms with E-state index in [1.807, 2.05) is 60.4 Å². The van der Waals surface area contributed by atoms with Gasteiger partial charge < -0.3 is 9.64 Å². The molecule has 3 aromatic rings. The largest absolute Gasteiger partial charge is 0.484 e. The number of rotatable bonds is 6. The van der Waals surface area contributed by atoms with Gasteiger partial charge in [-0.05, 0) is 36.8 Å². The zero-order valence-electron chi connectivity index (χ0n) is 16.9. The van der Waals surface area contributed by atoms with E-state index in [0.717, 1.165) is 52.2 Å². The minimum absolute atomic E-state index is 0.0369. The molecular formula is C23H24ClN3O2S. The molecule has 0 radical (unpaired) electrons. The number of thiazole rings is 1. The van der Waals surface area contributed by atoms with Crippen molar-refractivity contribution in [3.63, 3.8) is 0 Å². The molecule has 30 heavy (non-hydrogen) atoms. The maximum atomic E-state index is 12.5. The fourth-order valence-corrected chi connectivity index (χ4v) is 4.37. The second kappa shape index (κ2) is 9.60. The molecular weight excluding hydrogens is 418 g/mol. The fourth-order valence-electron chi connectivity index (χ4n) is 3.43. The first kappa shape index (κ1) is 20.8. The van der Waals surface area contributed by atoms with Gasteiger partial charge in [0.05, 0.1) is 5.69 Å². The van der Waals surface area contributed by atoms with E-state index in [0.29, 0.717) is 13.1 Å². The quantitative estimate of drug-likeness (QED) is 0.565. The number of nitrogens with zero attached hydrogens (tertiary/aromatic N) is 3. The number of hydrogen-bond donors (Lipinski definition) is 0. The summed E-state index contributed by atoms with van der Waals surface area (Å²) in [6.45, 7) is 5.99. The van der Waals surface area contributed by atoms with E-state index in [1.54, 1.807) is 11.3 Å². The molecule has 0 spiro atoms. The Balaban J connectivity index is 1.24. The van der Waals surface area contributed by atoms with Gasteiger partial charge in [0.2, 0.25) is 0 Å². The van der Waals surface area contributed by atoms with Crippen molar-refractivity contribution in [2.24, 2.45) is 0 Å². The van der Waals surface area contributed by atoms with Crippen LogP contribution in [0.1, 0.15) is 11.3 Å². The number of carbonyl (C=O) groups excluding carboxylic acids is 1. The molecule has 1 aliphatic heterocycles. The van der Waals surface area contributed by atoms with Crippen molar-refractivity contribution in [1.29, 1.82) is 0 Å². The van der Waals surface area contributed by atoms with Gasteiger partial charge >= 0.3 is 0 Å². The number of benzene rings is 2. The summed E-state index contributed by atoms with van der Waals surface area (Å²) >= 11 is 7.61. The highest BCUT2D eigenvalue weighted by Crippen LogP contribution is 2.25. The molecule has 0 N–H and O–H groups in total. The van der Waals surface area contributed by atoms with Gasteiger partial charge in [0.1, 0.15) is 10.8 Å². The van der Waals surface area contributed by atoms with Gasteiger partial charge in [0.15, 0.2) is 6.61 Å². The Labute approximate surface area is 185 Å². The second-order valence-corrected chi connectivity index (χ2v) is 8.71. The van der Waals surface area contributed by atoms with Gasteiger partial charge in [-0.1, -0.05) is 35.9 Å².